The minimum atomic E-state index is -0.787. The van der Waals surface area contributed by atoms with Crippen molar-refractivity contribution in [2.24, 2.45) is 11.3 Å². The molecule has 0 bridgehead atoms. The molecule has 3 atom stereocenters. The summed E-state index contributed by atoms with van der Waals surface area (Å²) in [5, 5.41) is 15.3. The number of benzene rings is 1. The molecule has 0 radical (unpaired) electrons. The first-order valence-corrected chi connectivity index (χ1v) is 10.0. The molecule has 160 valence electrons. The number of amides is 2. The lowest BCUT2D eigenvalue weighted by Gasteiger charge is -2.33. The molecular weight excluding hydrogens is 372 g/mol. The maximum atomic E-state index is 13.0. The van der Waals surface area contributed by atoms with Gasteiger partial charge in [0.15, 0.2) is 5.78 Å². The van der Waals surface area contributed by atoms with Crippen molar-refractivity contribution in [3.05, 3.63) is 29.3 Å². The third kappa shape index (κ3) is 6.29. The monoisotopic (exact) mass is 404 g/mol. The van der Waals surface area contributed by atoms with E-state index in [2.05, 4.69) is 10.6 Å². The molecule has 1 aliphatic rings. The normalized spacial score (nSPS) is 20.8. The number of aromatic hydroxyl groups is 1. The average molecular weight is 405 g/mol. The molecule has 29 heavy (non-hydrogen) atoms. The van der Waals surface area contributed by atoms with Crippen molar-refractivity contribution < 1.29 is 24.2 Å². The Bertz CT molecular complexity index is 769. The Morgan fingerprint density at radius 3 is 2.59 bits per heavy atom. The number of phenols is 1. The molecule has 2 rings (SSSR count). The fourth-order valence-corrected chi connectivity index (χ4v) is 3.43. The van der Waals surface area contributed by atoms with Crippen molar-refractivity contribution in [2.75, 3.05) is 13.2 Å². The van der Waals surface area contributed by atoms with E-state index in [9.17, 15) is 19.5 Å². The highest BCUT2D eigenvalue weighted by Crippen LogP contribution is 2.23. The van der Waals surface area contributed by atoms with Crippen LogP contribution in [-0.4, -0.2) is 48.0 Å². The zero-order valence-corrected chi connectivity index (χ0v) is 17.9. The minimum Gasteiger partial charge on any atom is -0.508 e. The Hall–Kier alpha value is -2.41. The number of ether oxygens (including phenoxy) is 1. The average Bonchev–Trinajstić information content (AvgIpc) is 2.63. The second-order valence-corrected chi connectivity index (χ2v) is 8.93. The molecule has 0 spiro atoms. The van der Waals surface area contributed by atoms with E-state index in [0.29, 0.717) is 30.6 Å². The highest BCUT2D eigenvalue weighted by molar-refractivity contribution is 5.99. The van der Waals surface area contributed by atoms with Crippen LogP contribution in [-0.2, 0) is 14.3 Å². The standard InChI is InChI=1S/C22H32N2O5/c1-6-14-11-29-12-18(26)19(14)24-21(28)16(10-22(3,4)5)23-20(27)15-7-8-17(25)13(2)9-15/h7-9,14,16,19,25H,6,10-12H2,1-5H3,(H,23,27)(H,24,28)/t14?,16-,19?/m0/s1. The van der Waals surface area contributed by atoms with Crippen molar-refractivity contribution >= 4 is 17.6 Å². The maximum Gasteiger partial charge on any atom is 0.251 e. The van der Waals surface area contributed by atoms with Crippen molar-refractivity contribution in [1.29, 1.82) is 0 Å². The number of carbonyl (C=O) groups is 3. The number of Topliss-reactive ketones (excluding diaryl/α,β-unsaturated/α-hetero) is 1. The van der Waals surface area contributed by atoms with Crippen molar-refractivity contribution in [3.63, 3.8) is 0 Å². The SMILES string of the molecule is CCC1COCC(=O)C1NC(=O)[C@H](CC(C)(C)C)NC(=O)c1ccc(O)c(C)c1. The van der Waals surface area contributed by atoms with E-state index in [-0.39, 0.29) is 35.4 Å². The second kappa shape index (κ2) is 9.39. The lowest BCUT2D eigenvalue weighted by atomic mass is 9.86. The Kier molecular flexibility index (Phi) is 7.41. The first-order valence-electron chi connectivity index (χ1n) is 10.0. The Labute approximate surface area is 172 Å². The van der Waals surface area contributed by atoms with Gasteiger partial charge in [0.2, 0.25) is 5.91 Å². The molecule has 1 fully saturated rings. The zero-order valence-electron chi connectivity index (χ0n) is 17.9. The van der Waals surface area contributed by atoms with Gasteiger partial charge in [-0.2, -0.15) is 0 Å². The van der Waals surface area contributed by atoms with Crippen molar-refractivity contribution in [3.8, 4) is 5.75 Å². The van der Waals surface area contributed by atoms with Crippen LogP contribution >= 0.6 is 0 Å². The molecule has 3 N–H and O–H groups in total. The van der Waals surface area contributed by atoms with Crippen LogP contribution in [0.4, 0.5) is 0 Å². The van der Waals surface area contributed by atoms with Crippen LogP contribution in [0.25, 0.3) is 0 Å². The Morgan fingerprint density at radius 1 is 1.31 bits per heavy atom. The molecule has 2 amide bonds. The maximum absolute atomic E-state index is 13.0. The van der Waals surface area contributed by atoms with E-state index in [1.165, 1.54) is 12.1 Å². The predicted molar refractivity (Wildman–Crippen MR) is 110 cm³/mol. The van der Waals surface area contributed by atoms with Gasteiger partial charge in [-0.15, -0.1) is 0 Å². The largest absolute Gasteiger partial charge is 0.508 e. The van der Waals surface area contributed by atoms with E-state index in [4.69, 9.17) is 4.74 Å². The lowest BCUT2D eigenvalue weighted by molar-refractivity contribution is -0.138. The second-order valence-electron chi connectivity index (χ2n) is 8.93. The van der Waals surface area contributed by atoms with Gasteiger partial charge in [-0.3, -0.25) is 14.4 Å². The van der Waals surface area contributed by atoms with Crippen LogP contribution in [0.2, 0.25) is 0 Å². The van der Waals surface area contributed by atoms with Crippen LogP contribution < -0.4 is 10.6 Å². The Balaban J connectivity index is 2.18. The molecule has 1 saturated heterocycles. The minimum absolute atomic E-state index is 0.00940. The third-order valence-electron chi connectivity index (χ3n) is 5.11. The van der Waals surface area contributed by atoms with Crippen molar-refractivity contribution in [1.82, 2.24) is 10.6 Å². The summed E-state index contributed by atoms with van der Waals surface area (Å²) in [7, 11) is 0. The molecule has 1 heterocycles. The van der Waals surface area contributed by atoms with Gasteiger partial charge in [0.05, 0.1) is 12.6 Å². The van der Waals surface area contributed by atoms with Gasteiger partial charge in [0, 0.05) is 11.5 Å². The van der Waals surface area contributed by atoms with Crippen LogP contribution in [0.15, 0.2) is 18.2 Å². The summed E-state index contributed by atoms with van der Waals surface area (Å²) in [6.07, 6.45) is 1.12. The highest BCUT2D eigenvalue weighted by Gasteiger charge is 2.35. The zero-order chi connectivity index (χ0) is 21.8. The summed E-state index contributed by atoms with van der Waals surface area (Å²) in [6.45, 7) is 10.0. The summed E-state index contributed by atoms with van der Waals surface area (Å²) in [4.78, 5) is 38.0. The summed E-state index contributed by atoms with van der Waals surface area (Å²) in [6, 6.07) is 3.15. The smallest absolute Gasteiger partial charge is 0.251 e. The summed E-state index contributed by atoms with van der Waals surface area (Å²) in [5.74, 6) is -0.892. The van der Waals surface area contributed by atoms with E-state index >= 15 is 0 Å². The van der Waals surface area contributed by atoms with E-state index < -0.39 is 18.0 Å². The van der Waals surface area contributed by atoms with Gasteiger partial charge in [0.25, 0.3) is 5.91 Å². The summed E-state index contributed by atoms with van der Waals surface area (Å²) >= 11 is 0. The number of hydrogen-bond acceptors (Lipinski definition) is 5. The van der Waals surface area contributed by atoms with Gasteiger partial charge in [-0.1, -0.05) is 27.7 Å². The summed E-state index contributed by atoms with van der Waals surface area (Å²) in [5.41, 5.74) is 0.720. The quantitative estimate of drug-likeness (QED) is 0.675. The number of aryl methyl sites for hydroxylation is 1. The Morgan fingerprint density at radius 2 is 2.00 bits per heavy atom. The van der Waals surface area contributed by atoms with E-state index in [0.717, 1.165) is 0 Å². The first kappa shape index (κ1) is 22.9. The van der Waals surface area contributed by atoms with Crippen LogP contribution in [0, 0.1) is 18.3 Å². The first-order chi connectivity index (χ1) is 13.5. The molecule has 0 aliphatic carbocycles. The topological polar surface area (TPSA) is 105 Å². The molecule has 2 unspecified atom stereocenters. The molecule has 1 aliphatic heterocycles. The molecule has 0 aromatic heterocycles. The molecule has 0 saturated carbocycles. The van der Waals surface area contributed by atoms with Crippen LogP contribution in [0.3, 0.4) is 0 Å². The van der Waals surface area contributed by atoms with Crippen LogP contribution in [0.1, 0.15) is 56.5 Å². The summed E-state index contributed by atoms with van der Waals surface area (Å²) < 4.78 is 5.29. The van der Waals surface area contributed by atoms with Crippen LogP contribution in [0.5, 0.6) is 5.75 Å². The van der Waals surface area contributed by atoms with Crippen molar-refractivity contribution in [2.45, 2.75) is 59.5 Å². The molecule has 7 heteroatoms. The fourth-order valence-electron chi connectivity index (χ4n) is 3.43. The lowest BCUT2D eigenvalue weighted by Crippen LogP contribution is -2.57. The molecular formula is C22H32N2O5. The molecule has 7 nitrogen and oxygen atoms in total. The number of nitrogens with one attached hydrogen (secondary N) is 2. The highest BCUT2D eigenvalue weighted by atomic mass is 16.5. The predicted octanol–water partition coefficient (Wildman–Crippen LogP) is 2.35. The van der Waals surface area contributed by atoms with Gasteiger partial charge < -0.3 is 20.5 Å². The number of carbonyl (C=O) groups excluding carboxylic acids is 3. The molecule has 1 aromatic rings. The number of hydrogen-bond donors (Lipinski definition) is 3. The van der Waals surface area contributed by atoms with Gasteiger partial charge >= 0.3 is 0 Å². The fraction of sp³-hybridized carbons (Fsp3) is 0.591. The van der Waals surface area contributed by atoms with E-state index in [1.54, 1.807) is 13.0 Å². The third-order valence-corrected chi connectivity index (χ3v) is 5.11. The number of rotatable bonds is 6. The number of ketones is 1. The van der Waals surface area contributed by atoms with Gasteiger partial charge in [0.1, 0.15) is 18.4 Å². The van der Waals surface area contributed by atoms with Gasteiger partial charge in [-0.05, 0) is 48.9 Å². The van der Waals surface area contributed by atoms with E-state index in [1.807, 2.05) is 27.7 Å². The molecule has 1 aromatic carbocycles. The van der Waals surface area contributed by atoms with Gasteiger partial charge in [-0.25, -0.2) is 0 Å². The number of phenolic OH excluding ortho intramolecular Hbond substituents is 1.